The number of nitriles is 1. The second-order valence-corrected chi connectivity index (χ2v) is 4.81. The zero-order chi connectivity index (χ0) is 15.6. The smallest absolute Gasteiger partial charge is 0.341 e. The molecule has 1 heterocycles. The minimum Gasteiger partial charge on any atom is -0.477 e. The molecule has 0 amide bonds. The number of aryl methyl sites for hydroxylation is 2. The van der Waals surface area contributed by atoms with Crippen LogP contribution in [0, 0.1) is 25.2 Å². The summed E-state index contributed by atoms with van der Waals surface area (Å²) in [4.78, 5) is 23.6. The molecule has 1 aromatic carbocycles. The van der Waals surface area contributed by atoms with Gasteiger partial charge in [-0.3, -0.25) is 4.79 Å². The third kappa shape index (κ3) is 2.70. The lowest BCUT2D eigenvalue weighted by Gasteiger charge is -2.13. The number of hydrogen-bond acceptors (Lipinski definition) is 3. The van der Waals surface area contributed by atoms with E-state index in [-0.39, 0.29) is 12.1 Å². The van der Waals surface area contributed by atoms with Crippen molar-refractivity contribution in [1.29, 1.82) is 5.26 Å². The fourth-order valence-corrected chi connectivity index (χ4v) is 2.32. The third-order valence-electron chi connectivity index (χ3n) is 3.38. The number of carboxylic acids is 1. The minimum atomic E-state index is -1.24. The number of rotatable bonds is 3. The number of hydrogen-bond donors (Lipinski definition) is 1. The molecule has 0 aliphatic heterocycles. The predicted octanol–water partition coefficient (Wildman–Crippen LogP) is 2.08. The molecular weight excluding hydrogens is 268 g/mol. The molecule has 2 aromatic rings. The zero-order valence-electron chi connectivity index (χ0n) is 11.8. The van der Waals surface area contributed by atoms with Gasteiger partial charge < -0.3 is 9.67 Å². The fourth-order valence-electron chi connectivity index (χ4n) is 2.32. The average Bonchev–Trinajstić information content (AvgIpc) is 2.43. The van der Waals surface area contributed by atoms with Gasteiger partial charge in [0.15, 0.2) is 0 Å². The second kappa shape index (κ2) is 5.63. The topological polar surface area (TPSA) is 83.1 Å². The lowest BCUT2D eigenvalue weighted by Crippen LogP contribution is -2.29. The van der Waals surface area contributed by atoms with Crippen LogP contribution in [0.4, 0.5) is 0 Å². The molecule has 0 spiro atoms. The molecule has 21 heavy (non-hydrogen) atoms. The van der Waals surface area contributed by atoms with E-state index in [2.05, 4.69) is 6.07 Å². The lowest BCUT2D eigenvalue weighted by atomic mass is 10.1. The van der Waals surface area contributed by atoms with Gasteiger partial charge in [0.1, 0.15) is 5.56 Å². The number of nitrogens with zero attached hydrogens (tertiary/aromatic N) is 2. The molecule has 2 rings (SSSR count). The van der Waals surface area contributed by atoms with Crippen LogP contribution in [0.25, 0.3) is 0 Å². The Kier molecular flexibility index (Phi) is 3.90. The lowest BCUT2D eigenvalue weighted by molar-refractivity contribution is 0.0693. The van der Waals surface area contributed by atoms with E-state index in [4.69, 9.17) is 10.4 Å². The van der Waals surface area contributed by atoms with Crippen LogP contribution in [0.5, 0.6) is 0 Å². The van der Waals surface area contributed by atoms with Gasteiger partial charge in [-0.05, 0) is 37.1 Å². The molecular formula is C16H14N2O3. The Hall–Kier alpha value is -2.87. The SMILES string of the molecule is Cc1cc(C)n(Cc2ccccc2C#N)c(=O)c1C(=O)O. The Balaban J connectivity index is 2.61. The Labute approximate surface area is 121 Å². The van der Waals surface area contributed by atoms with Crippen molar-refractivity contribution in [3.05, 3.63) is 68.6 Å². The van der Waals surface area contributed by atoms with Crippen LogP contribution in [0.1, 0.15) is 32.7 Å². The molecule has 5 heteroatoms. The van der Waals surface area contributed by atoms with E-state index in [0.717, 1.165) is 0 Å². The van der Waals surface area contributed by atoms with Crippen molar-refractivity contribution in [3.63, 3.8) is 0 Å². The second-order valence-electron chi connectivity index (χ2n) is 4.81. The molecule has 1 N–H and O–H groups in total. The first-order valence-corrected chi connectivity index (χ1v) is 6.38. The highest BCUT2D eigenvalue weighted by Gasteiger charge is 2.17. The molecule has 5 nitrogen and oxygen atoms in total. The van der Waals surface area contributed by atoms with Gasteiger partial charge in [-0.25, -0.2) is 4.79 Å². The number of aromatic nitrogens is 1. The molecule has 0 radical (unpaired) electrons. The summed E-state index contributed by atoms with van der Waals surface area (Å²) < 4.78 is 1.38. The van der Waals surface area contributed by atoms with E-state index in [1.807, 2.05) is 0 Å². The molecule has 106 valence electrons. The number of carbonyl (C=O) groups is 1. The van der Waals surface area contributed by atoms with Crippen molar-refractivity contribution in [2.45, 2.75) is 20.4 Å². The summed E-state index contributed by atoms with van der Waals surface area (Å²) in [5, 5.41) is 18.3. The molecule has 0 aliphatic rings. The Morgan fingerprint density at radius 3 is 2.62 bits per heavy atom. The van der Waals surface area contributed by atoms with Gasteiger partial charge in [-0.2, -0.15) is 5.26 Å². The van der Waals surface area contributed by atoms with Crippen LogP contribution in [0.2, 0.25) is 0 Å². The molecule has 0 unspecified atom stereocenters. The average molecular weight is 282 g/mol. The number of benzene rings is 1. The summed E-state index contributed by atoms with van der Waals surface area (Å²) in [7, 11) is 0. The van der Waals surface area contributed by atoms with Crippen LogP contribution in [0.3, 0.4) is 0 Å². The van der Waals surface area contributed by atoms with Gasteiger partial charge in [-0.15, -0.1) is 0 Å². The largest absolute Gasteiger partial charge is 0.477 e. The predicted molar refractivity (Wildman–Crippen MR) is 77.4 cm³/mol. The first kappa shape index (κ1) is 14.5. The van der Waals surface area contributed by atoms with Gasteiger partial charge in [0, 0.05) is 5.69 Å². The number of aromatic carboxylic acids is 1. The van der Waals surface area contributed by atoms with Crippen molar-refractivity contribution in [3.8, 4) is 6.07 Å². The number of carboxylic acid groups (broad SMARTS) is 1. The molecule has 0 fully saturated rings. The van der Waals surface area contributed by atoms with Crippen molar-refractivity contribution >= 4 is 5.97 Å². The Morgan fingerprint density at radius 1 is 1.33 bits per heavy atom. The van der Waals surface area contributed by atoms with Crippen LogP contribution < -0.4 is 5.56 Å². The van der Waals surface area contributed by atoms with Crippen molar-refractivity contribution < 1.29 is 9.90 Å². The van der Waals surface area contributed by atoms with E-state index in [0.29, 0.717) is 22.4 Å². The molecule has 0 atom stereocenters. The van der Waals surface area contributed by atoms with Crippen LogP contribution in [-0.2, 0) is 6.54 Å². The summed E-state index contributed by atoms with van der Waals surface area (Å²) in [6.07, 6.45) is 0. The minimum absolute atomic E-state index is 0.176. The van der Waals surface area contributed by atoms with Gasteiger partial charge in [0.25, 0.3) is 5.56 Å². The highest BCUT2D eigenvalue weighted by molar-refractivity contribution is 5.88. The maximum absolute atomic E-state index is 12.4. The van der Waals surface area contributed by atoms with Crippen molar-refractivity contribution in [2.24, 2.45) is 0 Å². The number of pyridine rings is 1. The first-order chi connectivity index (χ1) is 9.95. The monoisotopic (exact) mass is 282 g/mol. The molecule has 1 aromatic heterocycles. The van der Waals surface area contributed by atoms with Crippen molar-refractivity contribution in [1.82, 2.24) is 4.57 Å². The maximum atomic E-state index is 12.4. The van der Waals surface area contributed by atoms with Crippen molar-refractivity contribution in [2.75, 3.05) is 0 Å². The quantitative estimate of drug-likeness (QED) is 0.934. The standard InChI is InChI=1S/C16H14N2O3/c1-10-7-11(2)18(15(19)14(10)16(20)21)9-13-6-4-3-5-12(13)8-17/h3-7H,9H2,1-2H3,(H,20,21). The molecule has 0 bridgehead atoms. The van der Waals surface area contributed by atoms with E-state index >= 15 is 0 Å². The van der Waals surface area contributed by atoms with Crippen LogP contribution in [0.15, 0.2) is 35.1 Å². The van der Waals surface area contributed by atoms with Gasteiger partial charge in [0.05, 0.1) is 18.2 Å². The van der Waals surface area contributed by atoms with Gasteiger partial charge in [0.2, 0.25) is 0 Å². The van der Waals surface area contributed by atoms with Crippen LogP contribution >= 0.6 is 0 Å². The Bertz CT molecular complexity index is 813. The summed E-state index contributed by atoms with van der Waals surface area (Å²) in [6.45, 7) is 3.52. The summed E-state index contributed by atoms with van der Waals surface area (Å²) >= 11 is 0. The summed E-state index contributed by atoms with van der Waals surface area (Å²) in [6, 6.07) is 10.7. The fraction of sp³-hybridized carbons (Fsp3) is 0.188. The molecule has 0 saturated carbocycles. The highest BCUT2D eigenvalue weighted by Crippen LogP contribution is 2.12. The normalized spacial score (nSPS) is 10.1. The van der Waals surface area contributed by atoms with Gasteiger partial charge >= 0.3 is 5.97 Å². The first-order valence-electron chi connectivity index (χ1n) is 6.38. The van der Waals surface area contributed by atoms with E-state index < -0.39 is 11.5 Å². The highest BCUT2D eigenvalue weighted by atomic mass is 16.4. The van der Waals surface area contributed by atoms with Crippen LogP contribution in [-0.4, -0.2) is 15.6 Å². The maximum Gasteiger partial charge on any atom is 0.341 e. The van der Waals surface area contributed by atoms with E-state index in [9.17, 15) is 9.59 Å². The molecule has 0 aliphatic carbocycles. The third-order valence-corrected chi connectivity index (χ3v) is 3.38. The van der Waals surface area contributed by atoms with E-state index in [1.54, 1.807) is 44.2 Å². The van der Waals surface area contributed by atoms with Gasteiger partial charge in [-0.1, -0.05) is 18.2 Å². The summed E-state index contributed by atoms with van der Waals surface area (Å²) in [5.41, 5.74) is 1.49. The summed E-state index contributed by atoms with van der Waals surface area (Å²) in [5.74, 6) is -1.24. The molecule has 0 saturated heterocycles. The Morgan fingerprint density at radius 2 is 2.00 bits per heavy atom. The zero-order valence-corrected chi connectivity index (χ0v) is 11.8. The van der Waals surface area contributed by atoms with E-state index in [1.165, 1.54) is 4.57 Å².